The van der Waals surface area contributed by atoms with Gasteiger partial charge in [0.05, 0.1) is 6.54 Å². The molecule has 2 N–H and O–H groups in total. The van der Waals surface area contributed by atoms with Crippen LogP contribution in [-0.4, -0.2) is 20.6 Å². The van der Waals surface area contributed by atoms with Crippen LogP contribution in [0.3, 0.4) is 0 Å². The average molecular weight is 426 g/mol. The Bertz CT molecular complexity index is 1440. The molecule has 0 atom stereocenters. The quantitative estimate of drug-likeness (QED) is 0.457. The summed E-state index contributed by atoms with van der Waals surface area (Å²) in [4.78, 5) is 39.0. The Morgan fingerprint density at radius 1 is 0.906 bits per heavy atom. The molecule has 1 aliphatic carbocycles. The molecule has 2 heterocycles. The zero-order chi connectivity index (χ0) is 22.2. The van der Waals surface area contributed by atoms with E-state index in [9.17, 15) is 14.4 Å². The van der Waals surface area contributed by atoms with Crippen molar-refractivity contribution in [1.82, 2.24) is 9.55 Å². The lowest BCUT2D eigenvalue weighted by molar-refractivity contribution is 0.0660. The fraction of sp³-hybridized carbons (Fsp3) is 0.0800. The SMILES string of the molecule is O=C(O)c1ccc(Cn2cc(C3c4ccccc4C=Cc4ccccc43)c(=O)[nH]c2=O)o1. The maximum Gasteiger partial charge on any atom is 0.371 e. The fourth-order valence-corrected chi connectivity index (χ4v) is 4.13. The Kier molecular flexibility index (Phi) is 4.71. The van der Waals surface area contributed by atoms with Gasteiger partial charge in [-0.15, -0.1) is 0 Å². The zero-order valence-electron chi connectivity index (χ0n) is 16.8. The van der Waals surface area contributed by atoms with Gasteiger partial charge >= 0.3 is 11.7 Å². The normalized spacial score (nSPS) is 12.8. The highest BCUT2D eigenvalue weighted by molar-refractivity contribution is 5.84. The van der Waals surface area contributed by atoms with E-state index in [1.165, 1.54) is 22.9 Å². The summed E-state index contributed by atoms with van der Waals surface area (Å²) in [6, 6.07) is 18.5. The van der Waals surface area contributed by atoms with Crippen LogP contribution in [0.25, 0.3) is 12.2 Å². The summed E-state index contributed by atoms with van der Waals surface area (Å²) in [5.74, 6) is -1.50. The molecule has 0 fully saturated rings. The van der Waals surface area contributed by atoms with Gasteiger partial charge in [-0.25, -0.2) is 9.59 Å². The number of carboxylic acids is 1. The maximum absolute atomic E-state index is 13.0. The number of carbonyl (C=O) groups is 1. The minimum Gasteiger partial charge on any atom is -0.475 e. The Labute approximate surface area is 181 Å². The number of benzene rings is 2. The van der Waals surface area contributed by atoms with Crippen molar-refractivity contribution in [2.45, 2.75) is 12.5 Å². The van der Waals surface area contributed by atoms with Gasteiger partial charge in [0.25, 0.3) is 5.56 Å². The van der Waals surface area contributed by atoms with Gasteiger partial charge in [0, 0.05) is 17.7 Å². The van der Waals surface area contributed by atoms with Crippen molar-refractivity contribution in [3.8, 4) is 0 Å². The monoisotopic (exact) mass is 426 g/mol. The molecule has 4 aromatic rings. The number of furan rings is 1. The third-order valence-electron chi connectivity index (χ3n) is 5.60. The third kappa shape index (κ3) is 3.39. The topological polar surface area (TPSA) is 105 Å². The van der Waals surface area contributed by atoms with Crippen LogP contribution < -0.4 is 11.2 Å². The number of H-pyrrole nitrogens is 1. The van der Waals surface area contributed by atoms with Gasteiger partial charge in [0.1, 0.15) is 5.76 Å². The number of fused-ring (bicyclic) bond motifs is 2. The molecule has 7 nitrogen and oxygen atoms in total. The molecular weight excluding hydrogens is 408 g/mol. The largest absolute Gasteiger partial charge is 0.475 e. The lowest BCUT2D eigenvalue weighted by Gasteiger charge is -2.21. The summed E-state index contributed by atoms with van der Waals surface area (Å²) < 4.78 is 6.61. The van der Waals surface area contributed by atoms with Crippen LogP contribution in [0.5, 0.6) is 0 Å². The second kappa shape index (κ2) is 7.70. The Balaban J connectivity index is 1.67. The summed E-state index contributed by atoms with van der Waals surface area (Å²) >= 11 is 0. The van der Waals surface area contributed by atoms with E-state index in [1.807, 2.05) is 60.7 Å². The molecule has 2 aromatic heterocycles. The Hall–Kier alpha value is -4.39. The number of aromatic carboxylic acids is 1. The first-order chi connectivity index (χ1) is 15.5. The predicted molar refractivity (Wildman–Crippen MR) is 119 cm³/mol. The summed E-state index contributed by atoms with van der Waals surface area (Å²) in [6.45, 7) is -0.00976. The van der Waals surface area contributed by atoms with Crippen molar-refractivity contribution in [3.05, 3.63) is 127 Å². The van der Waals surface area contributed by atoms with Crippen molar-refractivity contribution < 1.29 is 14.3 Å². The van der Waals surface area contributed by atoms with Crippen molar-refractivity contribution in [3.63, 3.8) is 0 Å². The lowest BCUT2D eigenvalue weighted by Crippen LogP contribution is -2.33. The number of aromatic nitrogens is 2. The minimum atomic E-state index is -1.19. The van der Waals surface area contributed by atoms with Gasteiger partial charge in [-0.1, -0.05) is 60.7 Å². The van der Waals surface area contributed by atoms with Crippen molar-refractivity contribution in [2.24, 2.45) is 0 Å². The summed E-state index contributed by atoms with van der Waals surface area (Å²) in [5, 5.41) is 9.07. The number of hydrogen-bond donors (Lipinski definition) is 2. The molecule has 5 rings (SSSR count). The molecule has 32 heavy (non-hydrogen) atoms. The number of aromatic amines is 1. The highest BCUT2D eigenvalue weighted by Gasteiger charge is 2.26. The molecule has 7 heteroatoms. The molecule has 1 aliphatic rings. The minimum absolute atomic E-state index is 0.00976. The van der Waals surface area contributed by atoms with Gasteiger partial charge < -0.3 is 9.52 Å². The molecule has 0 bridgehead atoms. The highest BCUT2D eigenvalue weighted by atomic mass is 16.4. The van der Waals surface area contributed by atoms with E-state index in [2.05, 4.69) is 4.98 Å². The van der Waals surface area contributed by atoms with Crippen LogP contribution >= 0.6 is 0 Å². The Morgan fingerprint density at radius 2 is 1.53 bits per heavy atom. The molecule has 0 unspecified atom stereocenters. The van der Waals surface area contributed by atoms with Crippen molar-refractivity contribution >= 4 is 18.1 Å². The molecule has 0 amide bonds. The number of nitrogens with one attached hydrogen (secondary N) is 1. The standard InChI is InChI=1S/C25H18N2O5/c28-23-20(14-27(25(31)26-23)13-17-11-12-21(32-17)24(29)30)22-18-7-3-1-5-15(18)9-10-16-6-2-4-8-19(16)22/h1-12,14,22H,13H2,(H,29,30)(H,26,28,31). The average Bonchev–Trinajstić information content (AvgIpc) is 3.19. The summed E-state index contributed by atoms with van der Waals surface area (Å²) in [6.07, 6.45) is 5.58. The molecule has 0 spiro atoms. The molecule has 0 radical (unpaired) electrons. The van der Waals surface area contributed by atoms with Crippen LogP contribution in [0.15, 0.2) is 80.9 Å². The molecule has 158 valence electrons. The van der Waals surface area contributed by atoms with Gasteiger partial charge in [0.15, 0.2) is 0 Å². The van der Waals surface area contributed by atoms with E-state index in [4.69, 9.17) is 9.52 Å². The highest BCUT2D eigenvalue weighted by Crippen LogP contribution is 2.37. The van der Waals surface area contributed by atoms with E-state index >= 15 is 0 Å². The van der Waals surface area contributed by atoms with Crippen LogP contribution in [0, 0.1) is 0 Å². The fourth-order valence-electron chi connectivity index (χ4n) is 4.13. The van der Waals surface area contributed by atoms with Crippen LogP contribution in [-0.2, 0) is 6.54 Å². The van der Waals surface area contributed by atoms with Crippen molar-refractivity contribution in [1.29, 1.82) is 0 Å². The summed E-state index contributed by atoms with van der Waals surface area (Å²) in [7, 11) is 0. The van der Waals surface area contributed by atoms with Crippen LogP contribution in [0.4, 0.5) is 0 Å². The van der Waals surface area contributed by atoms with E-state index in [1.54, 1.807) is 0 Å². The molecular formula is C25H18N2O5. The predicted octanol–water partition coefficient (Wildman–Crippen LogP) is 3.54. The first-order valence-corrected chi connectivity index (χ1v) is 10.0. The smallest absolute Gasteiger partial charge is 0.371 e. The molecule has 0 saturated carbocycles. The van der Waals surface area contributed by atoms with Crippen LogP contribution in [0.2, 0.25) is 0 Å². The van der Waals surface area contributed by atoms with Gasteiger partial charge in [-0.2, -0.15) is 0 Å². The summed E-state index contributed by atoms with van der Waals surface area (Å²) in [5.41, 5.74) is 3.24. The van der Waals surface area contributed by atoms with E-state index in [-0.39, 0.29) is 18.2 Å². The molecule has 2 aromatic carbocycles. The van der Waals surface area contributed by atoms with E-state index in [0.29, 0.717) is 11.3 Å². The second-order valence-electron chi connectivity index (χ2n) is 7.57. The van der Waals surface area contributed by atoms with Crippen LogP contribution in [0.1, 0.15) is 50.1 Å². The first-order valence-electron chi connectivity index (χ1n) is 10.0. The maximum atomic E-state index is 13.0. The van der Waals surface area contributed by atoms with Gasteiger partial charge in [0.2, 0.25) is 5.76 Å². The van der Waals surface area contributed by atoms with Gasteiger partial charge in [-0.3, -0.25) is 14.3 Å². The first kappa shape index (κ1) is 19.6. The number of carboxylic acid groups (broad SMARTS) is 1. The number of nitrogens with zero attached hydrogens (tertiary/aromatic N) is 1. The Morgan fingerprint density at radius 3 is 2.12 bits per heavy atom. The second-order valence-corrected chi connectivity index (χ2v) is 7.57. The number of rotatable bonds is 4. The third-order valence-corrected chi connectivity index (χ3v) is 5.60. The van der Waals surface area contributed by atoms with Crippen molar-refractivity contribution in [2.75, 3.05) is 0 Å². The molecule has 0 saturated heterocycles. The lowest BCUT2D eigenvalue weighted by atomic mass is 9.83. The van der Waals surface area contributed by atoms with E-state index < -0.39 is 17.2 Å². The van der Waals surface area contributed by atoms with E-state index in [0.717, 1.165) is 22.3 Å². The van der Waals surface area contributed by atoms with Gasteiger partial charge in [-0.05, 0) is 34.4 Å². The number of hydrogen-bond acceptors (Lipinski definition) is 4. The zero-order valence-corrected chi connectivity index (χ0v) is 16.8. The molecule has 0 aliphatic heterocycles.